The van der Waals surface area contributed by atoms with Gasteiger partial charge in [0.05, 0.1) is 55.8 Å². The highest BCUT2D eigenvalue weighted by Crippen LogP contribution is 2.76. The van der Waals surface area contributed by atoms with Gasteiger partial charge < -0.3 is 114 Å². The summed E-state index contributed by atoms with van der Waals surface area (Å²) in [6.45, 7) is 13.8. The molecular weight excluding hydrogens is 1190 g/mol. The maximum atomic E-state index is 14.5. The van der Waals surface area contributed by atoms with Crippen molar-refractivity contribution in [3.8, 4) is 0 Å². The van der Waals surface area contributed by atoms with Gasteiger partial charge in [-0.3, -0.25) is 9.35 Å². The third-order valence-electron chi connectivity index (χ3n) is 22.4. The third-order valence-corrected chi connectivity index (χ3v) is 22.9. The second-order valence-electron chi connectivity index (χ2n) is 28.5. The van der Waals surface area contributed by atoms with E-state index in [2.05, 4.69) is 47.6 Å². The molecular formula is C59H96O28S. The van der Waals surface area contributed by atoms with Crippen molar-refractivity contribution in [3.05, 3.63) is 11.6 Å². The maximum absolute atomic E-state index is 14.5. The highest BCUT2D eigenvalue weighted by molar-refractivity contribution is 7.80. The van der Waals surface area contributed by atoms with Gasteiger partial charge in [0.1, 0.15) is 103 Å². The van der Waals surface area contributed by atoms with E-state index in [4.69, 9.17) is 51.6 Å². The number of rotatable bonds is 18. The van der Waals surface area contributed by atoms with Crippen molar-refractivity contribution in [2.24, 2.45) is 45.3 Å². The molecule has 32 atom stereocenters. The second-order valence-corrected chi connectivity index (χ2v) is 29.6. The molecule has 1 spiro atoms. The van der Waals surface area contributed by atoms with Crippen LogP contribution in [0.2, 0.25) is 0 Å². The molecule has 0 aromatic carbocycles. The van der Waals surface area contributed by atoms with Crippen molar-refractivity contribution in [1.82, 2.24) is 0 Å². The highest BCUT2D eigenvalue weighted by Gasteiger charge is 2.76. The minimum atomic E-state index is -5.39. The summed E-state index contributed by atoms with van der Waals surface area (Å²) in [6.07, 6.45) is -34.4. The van der Waals surface area contributed by atoms with Crippen LogP contribution in [0, 0.1) is 45.3 Å². The van der Waals surface area contributed by atoms with E-state index in [0.717, 1.165) is 19.3 Å². The fourth-order valence-corrected chi connectivity index (χ4v) is 18.4. The van der Waals surface area contributed by atoms with Gasteiger partial charge >= 0.3 is 16.4 Å². The average molecular weight is 1290 g/mol. The fraction of sp³-hybridized carbons (Fsp3) is 0.949. The number of esters is 1. The van der Waals surface area contributed by atoms with Crippen LogP contribution in [-0.2, 0) is 66.7 Å². The van der Waals surface area contributed by atoms with Crippen molar-refractivity contribution in [1.29, 1.82) is 0 Å². The zero-order valence-corrected chi connectivity index (χ0v) is 51.9. The molecule has 5 saturated heterocycles. The molecule has 506 valence electrons. The molecule has 5 heterocycles. The standard InChI is InChI=1S/C59H96O28S/c1-24(2)19-26(62)20-58(8)35-14-17-57(7)28-9-12-34-55(4,5)36(15-16-56(34,6)27(28)13-18-59(35,57)54(73)86-58)82-52-49(46(30(64)23-77-52)87-88(74,75)76)85-53-48(79-31-11-10-29(63)37(65)38(31)66)43(71)45(25(3)78-53)83-51-44(72)47(40(68)33(22-61)81-51)84-50-42(70)41(69)39(67)32(21-60)80-50/h9,24-27,29-53,60-72H,10-23H2,1-8H3,(H,74,75,76). The van der Waals surface area contributed by atoms with Crippen LogP contribution in [0.25, 0.3) is 0 Å². The number of hydrogen-bond donors (Lipinski definition) is 14. The summed E-state index contributed by atoms with van der Waals surface area (Å²) in [5.41, 5.74) is -1.75. The number of carbonyl (C=O) groups excluding carboxylic acids is 1. The predicted octanol–water partition coefficient (Wildman–Crippen LogP) is -1.89. The monoisotopic (exact) mass is 1280 g/mol. The molecule has 10 aliphatic rings. The van der Waals surface area contributed by atoms with Gasteiger partial charge in [0.15, 0.2) is 25.2 Å². The molecule has 9 fully saturated rings. The smallest absolute Gasteiger partial charge is 0.397 e. The second kappa shape index (κ2) is 25.7. The molecule has 0 amide bonds. The first-order chi connectivity index (χ1) is 41.2. The SMILES string of the molecule is CC(C)CC(O)CC1(C)OC(=O)C23CCC4C(=CCC5C(C)(C)C(OC6OCC(O)C(OS(=O)(=O)O)C6OC6OC(C)C(OC7OC(CO)C(O)C(OC8OC(CO)C(O)C(O)C8O)C7O)C(O)C6OC6CCC(O)C(O)C6O)CCC45C)C2(C)CCC13. The van der Waals surface area contributed by atoms with Crippen LogP contribution in [0.1, 0.15) is 126 Å². The van der Waals surface area contributed by atoms with Crippen molar-refractivity contribution in [2.75, 3.05) is 19.8 Å². The lowest BCUT2D eigenvalue weighted by Crippen LogP contribution is -2.67. The zero-order chi connectivity index (χ0) is 64.3. The third kappa shape index (κ3) is 12.1. The lowest BCUT2D eigenvalue weighted by Gasteiger charge is -2.64. The first kappa shape index (κ1) is 69.0. The highest BCUT2D eigenvalue weighted by atomic mass is 32.3. The van der Waals surface area contributed by atoms with Gasteiger partial charge in [0, 0.05) is 17.8 Å². The summed E-state index contributed by atoms with van der Waals surface area (Å²) in [5.74, 6) is 0.0759. The van der Waals surface area contributed by atoms with Gasteiger partial charge in [0.25, 0.3) is 0 Å². The molecule has 5 aliphatic carbocycles. The molecule has 32 unspecified atom stereocenters. The molecule has 28 nitrogen and oxygen atoms in total. The minimum Gasteiger partial charge on any atom is -0.458 e. The molecule has 0 radical (unpaired) electrons. The molecule has 29 heteroatoms. The van der Waals surface area contributed by atoms with E-state index in [1.54, 1.807) is 0 Å². The quantitative estimate of drug-likeness (QED) is 0.0405. The summed E-state index contributed by atoms with van der Waals surface area (Å²) < 4.78 is 103. The lowest BCUT2D eigenvalue weighted by molar-refractivity contribution is -0.394. The topological polar surface area (TPSA) is 436 Å². The lowest BCUT2D eigenvalue weighted by atomic mass is 9.41. The Kier molecular flexibility index (Phi) is 20.2. The number of carbonyl (C=O) groups is 1. The normalized spacial score (nSPS) is 51.6. The summed E-state index contributed by atoms with van der Waals surface area (Å²) in [7, 11) is -5.39. The van der Waals surface area contributed by atoms with E-state index in [1.807, 2.05) is 6.92 Å². The van der Waals surface area contributed by atoms with Gasteiger partial charge in [0.2, 0.25) is 0 Å². The largest absolute Gasteiger partial charge is 0.458 e. The summed E-state index contributed by atoms with van der Waals surface area (Å²) in [5, 5.41) is 142. The number of aliphatic hydroxyl groups is 13. The van der Waals surface area contributed by atoms with Crippen LogP contribution in [0.5, 0.6) is 0 Å². The van der Waals surface area contributed by atoms with Crippen LogP contribution in [0.15, 0.2) is 11.6 Å². The Bertz CT molecular complexity index is 2580. The van der Waals surface area contributed by atoms with Crippen LogP contribution in [0.3, 0.4) is 0 Å². The van der Waals surface area contributed by atoms with E-state index in [0.29, 0.717) is 38.5 Å². The van der Waals surface area contributed by atoms with E-state index in [9.17, 15) is 84.1 Å². The average Bonchev–Trinajstić information content (AvgIpc) is 1.48. The van der Waals surface area contributed by atoms with E-state index >= 15 is 0 Å². The van der Waals surface area contributed by atoms with Gasteiger partial charge in [-0.15, -0.1) is 0 Å². The molecule has 4 saturated carbocycles. The van der Waals surface area contributed by atoms with Gasteiger partial charge in [-0.1, -0.05) is 53.2 Å². The first-order valence-corrected chi connectivity index (χ1v) is 32.7. The van der Waals surface area contributed by atoms with Crippen LogP contribution < -0.4 is 0 Å². The van der Waals surface area contributed by atoms with Crippen molar-refractivity contribution >= 4 is 16.4 Å². The minimum absolute atomic E-state index is 0.0342. The Labute approximate surface area is 512 Å². The maximum Gasteiger partial charge on any atom is 0.397 e. The van der Waals surface area contributed by atoms with Crippen molar-refractivity contribution in [3.63, 3.8) is 0 Å². The zero-order valence-electron chi connectivity index (χ0n) is 51.1. The number of fused-ring (bicyclic) bond motifs is 4. The van der Waals surface area contributed by atoms with Gasteiger partial charge in [-0.25, -0.2) is 4.18 Å². The summed E-state index contributed by atoms with van der Waals surface area (Å²) >= 11 is 0. The summed E-state index contributed by atoms with van der Waals surface area (Å²) in [4.78, 5) is 14.5. The molecule has 0 bridgehead atoms. The predicted molar refractivity (Wildman–Crippen MR) is 297 cm³/mol. The molecule has 14 N–H and O–H groups in total. The van der Waals surface area contributed by atoms with E-state index in [1.165, 1.54) is 12.5 Å². The number of cyclic esters (lactones) is 1. The van der Waals surface area contributed by atoms with E-state index < -0.39 is 205 Å². The van der Waals surface area contributed by atoms with Gasteiger partial charge in [-0.2, -0.15) is 8.42 Å². The number of allylic oxidation sites excluding steroid dienone is 2. The molecule has 5 aliphatic heterocycles. The number of ether oxygens (including phenoxy) is 10. The van der Waals surface area contributed by atoms with Crippen molar-refractivity contribution in [2.45, 2.75) is 285 Å². The van der Waals surface area contributed by atoms with Crippen LogP contribution in [-0.4, -0.2) is 264 Å². The molecule has 0 aromatic heterocycles. The number of hydrogen-bond acceptors (Lipinski definition) is 27. The molecule has 0 aromatic rings. The number of aliphatic hydroxyl groups excluding tert-OH is 13. The van der Waals surface area contributed by atoms with Gasteiger partial charge in [-0.05, 0) is 107 Å². The first-order valence-electron chi connectivity index (χ1n) is 31.3. The van der Waals surface area contributed by atoms with Crippen molar-refractivity contribution < 1.29 is 136 Å². The Hall–Kier alpha value is -1.80. The van der Waals surface area contributed by atoms with Crippen LogP contribution in [0.4, 0.5) is 0 Å². The Morgan fingerprint density at radius 3 is 1.93 bits per heavy atom. The Morgan fingerprint density at radius 1 is 0.625 bits per heavy atom. The van der Waals surface area contributed by atoms with Crippen LogP contribution >= 0.6 is 0 Å². The Balaban J connectivity index is 0.909. The van der Waals surface area contributed by atoms with E-state index in [-0.39, 0.29) is 47.9 Å². The summed E-state index contributed by atoms with van der Waals surface area (Å²) in [6, 6.07) is 0. The Morgan fingerprint density at radius 2 is 1.27 bits per heavy atom. The molecule has 10 rings (SSSR count). The fourth-order valence-electron chi connectivity index (χ4n) is 17.9. The molecule has 88 heavy (non-hydrogen) atoms.